The minimum atomic E-state index is -3.44. The van der Waals surface area contributed by atoms with Gasteiger partial charge in [0.1, 0.15) is 17.2 Å². The van der Waals surface area contributed by atoms with Gasteiger partial charge in [-0.3, -0.25) is 0 Å². The van der Waals surface area contributed by atoms with E-state index in [4.69, 9.17) is 18.6 Å². The molecule has 170 valence electrons. The number of ether oxygens (including phenoxy) is 3. The number of hydrogen-bond donors (Lipinski definition) is 0. The largest absolute Gasteiger partial charge is 0.460 e. The molecule has 0 fully saturated rings. The van der Waals surface area contributed by atoms with Gasteiger partial charge in [0.15, 0.2) is 0 Å². The number of rotatable bonds is 13. The summed E-state index contributed by atoms with van der Waals surface area (Å²) in [6.45, 7) is 21.0. The van der Waals surface area contributed by atoms with Crippen molar-refractivity contribution in [2.45, 2.75) is 78.0 Å². The van der Waals surface area contributed by atoms with Crippen LogP contribution in [0.1, 0.15) is 60.8 Å². The molecule has 0 aromatic heterocycles. The van der Waals surface area contributed by atoms with Crippen LogP contribution in [-0.4, -0.2) is 50.5 Å². The van der Waals surface area contributed by atoms with E-state index in [1.165, 1.54) is 7.11 Å². The first-order valence-corrected chi connectivity index (χ1v) is 12.2. The van der Waals surface area contributed by atoms with Gasteiger partial charge in [-0.25, -0.2) is 14.4 Å². The molecule has 0 radical (unpaired) electrons. The third-order valence-corrected chi connectivity index (χ3v) is 10.1. The standard InChI is InChI=1S/C22H36O7Si/c1-11-17(27-20(23)14(4)5)30(26-10,18(12-2)28-21(24)15(6)7)19(13-3)29-22(25)16(8)9/h17-19H,4,6,8,11-13H2,1-3,5,7,9-10H3. The maximum absolute atomic E-state index is 12.4. The van der Waals surface area contributed by atoms with Gasteiger partial charge in [0, 0.05) is 23.8 Å². The average molecular weight is 441 g/mol. The van der Waals surface area contributed by atoms with Gasteiger partial charge < -0.3 is 18.6 Å². The van der Waals surface area contributed by atoms with Crippen LogP contribution in [0.4, 0.5) is 0 Å². The number of hydrogen-bond acceptors (Lipinski definition) is 7. The highest BCUT2D eigenvalue weighted by Crippen LogP contribution is 2.33. The molecule has 0 aliphatic rings. The van der Waals surface area contributed by atoms with Crippen LogP contribution >= 0.6 is 0 Å². The van der Waals surface area contributed by atoms with Crippen LogP contribution in [-0.2, 0) is 33.0 Å². The Bertz CT molecular complexity index is 595. The molecule has 7 nitrogen and oxygen atoms in total. The van der Waals surface area contributed by atoms with Gasteiger partial charge in [-0.15, -0.1) is 0 Å². The molecule has 0 amide bonds. The fraction of sp³-hybridized carbons (Fsp3) is 0.591. The van der Waals surface area contributed by atoms with Crippen molar-refractivity contribution in [2.24, 2.45) is 0 Å². The molecular formula is C22H36O7Si. The van der Waals surface area contributed by atoms with E-state index in [-0.39, 0.29) is 16.7 Å². The summed E-state index contributed by atoms with van der Waals surface area (Å²) in [6.07, 6.45) is 1.13. The van der Waals surface area contributed by atoms with Crippen molar-refractivity contribution >= 4 is 26.2 Å². The highest BCUT2D eigenvalue weighted by Gasteiger charge is 2.59. The molecule has 0 N–H and O–H groups in total. The van der Waals surface area contributed by atoms with Crippen molar-refractivity contribution in [1.82, 2.24) is 0 Å². The van der Waals surface area contributed by atoms with Crippen LogP contribution in [0, 0.1) is 0 Å². The summed E-state index contributed by atoms with van der Waals surface area (Å²) in [6, 6.07) is 0. The second kappa shape index (κ2) is 12.5. The van der Waals surface area contributed by atoms with Gasteiger partial charge >= 0.3 is 26.2 Å². The highest BCUT2D eigenvalue weighted by molar-refractivity contribution is 6.78. The molecule has 0 saturated heterocycles. The lowest BCUT2D eigenvalue weighted by Gasteiger charge is -2.44. The Kier molecular flexibility index (Phi) is 11.6. The summed E-state index contributed by atoms with van der Waals surface area (Å²) in [4.78, 5) is 37.1. The van der Waals surface area contributed by atoms with Gasteiger partial charge in [-0.05, 0) is 40.0 Å². The molecular weight excluding hydrogens is 404 g/mol. The van der Waals surface area contributed by atoms with E-state index in [0.717, 1.165) is 0 Å². The molecule has 0 heterocycles. The summed E-state index contributed by atoms with van der Waals surface area (Å²) < 4.78 is 23.3. The Balaban J connectivity index is 6.57. The highest BCUT2D eigenvalue weighted by atomic mass is 28.4. The third-order valence-electron chi connectivity index (χ3n) is 4.77. The summed E-state index contributed by atoms with van der Waals surface area (Å²) in [5, 5.41) is 0. The van der Waals surface area contributed by atoms with E-state index in [9.17, 15) is 14.4 Å². The summed E-state index contributed by atoms with van der Waals surface area (Å²) in [5.41, 5.74) is -1.57. The lowest BCUT2D eigenvalue weighted by Crippen LogP contribution is -2.70. The van der Waals surface area contributed by atoms with E-state index in [1.54, 1.807) is 20.8 Å². The number of carbonyl (C=O) groups excluding carboxylic acids is 3. The smallest absolute Gasteiger partial charge is 0.333 e. The van der Waals surface area contributed by atoms with Crippen LogP contribution in [0.3, 0.4) is 0 Å². The lowest BCUT2D eigenvalue weighted by atomic mass is 10.3. The van der Waals surface area contributed by atoms with Crippen molar-refractivity contribution in [2.75, 3.05) is 7.11 Å². The SMILES string of the molecule is C=C(C)C(=O)OC(CC)[Si](OC)(C(CC)OC(=O)C(=C)C)C(CC)OC(=O)C(=C)C. The fourth-order valence-corrected chi connectivity index (χ4v) is 8.01. The molecule has 30 heavy (non-hydrogen) atoms. The Morgan fingerprint density at radius 1 is 0.667 bits per heavy atom. The van der Waals surface area contributed by atoms with E-state index in [0.29, 0.717) is 19.3 Å². The molecule has 3 unspecified atom stereocenters. The van der Waals surface area contributed by atoms with E-state index in [1.807, 2.05) is 20.8 Å². The van der Waals surface area contributed by atoms with E-state index in [2.05, 4.69) is 19.7 Å². The zero-order chi connectivity index (χ0) is 23.6. The fourth-order valence-electron chi connectivity index (χ4n) is 3.19. The van der Waals surface area contributed by atoms with Gasteiger partial charge in [0.2, 0.25) is 0 Å². The lowest BCUT2D eigenvalue weighted by molar-refractivity contribution is -0.146. The summed E-state index contributed by atoms with van der Waals surface area (Å²) in [5.74, 6) is -1.76. The normalized spacial score (nSPS) is 15.7. The quantitative estimate of drug-likeness (QED) is 0.186. The monoisotopic (exact) mass is 440 g/mol. The second-order valence-corrected chi connectivity index (χ2v) is 11.4. The maximum Gasteiger partial charge on any atom is 0.333 e. The first-order chi connectivity index (χ1) is 13.9. The van der Waals surface area contributed by atoms with Crippen molar-refractivity contribution < 1.29 is 33.0 Å². The van der Waals surface area contributed by atoms with Gasteiger partial charge in [0.25, 0.3) is 0 Å². The minimum Gasteiger partial charge on any atom is -0.460 e. The van der Waals surface area contributed by atoms with Crippen LogP contribution in [0.15, 0.2) is 36.5 Å². The molecule has 0 saturated carbocycles. The molecule has 0 spiro atoms. The zero-order valence-corrected chi connectivity index (χ0v) is 20.3. The Morgan fingerprint density at radius 2 is 0.900 bits per heavy atom. The molecule has 0 aliphatic carbocycles. The predicted octanol–water partition coefficient (Wildman–Crippen LogP) is 3.89. The summed E-state index contributed by atoms with van der Waals surface area (Å²) >= 11 is 0. The Morgan fingerprint density at radius 3 is 1.03 bits per heavy atom. The van der Waals surface area contributed by atoms with Crippen molar-refractivity contribution in [3.05, 3.63) is 36.5 Å². The van der Waals surface area contributed by atoms with Crippen molar-refractivity contribution in [1.29, 1.82) is 0 Å². The maximum atomic E-state index is 12.4. The van der Waals surface area contributed by atoms with Crippen molar-refractivity contribution in [3.63, 3.8) is 0 Å². The molecule has 0 aliphatic heterocycles. The van der Waals surface area contributed by atoms with Gasteiger partial charge in [0.05, 0.1) is 0 Å². The van der Waals surface area contributed by atoms with Crippen LogP contribution < -0.4 is 0 Å². The molecule has 0 aromatic rings. The average Bonchev–Trinajstić information content (AvgIpc) is 2.70. The third kappa shape index (κ3) is 6.67. The molecule has 3 atom stereocenters. The topological polar surface area (TPSA) is 88.1 Å². The molecule has 0 aromatic carbocycles. The number of esters is 3. The Labute approximate surface area is 181 Å². The van der Waals surface area contributed by atoms with Gasteiger partial charge in [-0.2, -0.15) is 0 Å². The Hall–Kier alpha value is -2.19. The van der Waals surface area contributed by atoms with Crippen molar-refractivity contribution in [3.8, 4) is 0 Å². The molecule has 0 rings (SSSR count). The zero-order valence-electron chi connectivity index (χ0n) is 19.3. The van der Waals surface area contributed by atoms with E-state index < -0.39 is 43.4 Å². The number of carbonyl (C=O) groups is 3. The summed E-state index contributed by atoms with van der Waals surface area (Å²) in [7, 11) is -1.97. The van der Waals surface area contributed by atoms with Crippen LogP contribution in [0.2, 0.25) is 0 Å². The molecule has 8 heteroatoms. The van der Waals surface area contributed by atoms with Gasteiger partial charge in [-0.1, -0.05) is 40.5 Å². The first kappa shape index (κ1) is 27.8. The van der Waals surface area contributed by atoms with Crippen LogP contribution in [0.25, 0.3) is 0 Å². The second-order valence-electron chi connectivity index (χ2n) is 7.31. The predicted molar refractivity (Wildman–Crippen MR) is 118 cm³/mol. The van der Waals surface area contributed by atoms with Crippen LogP contribution in [0.5, 0.6) is 0 Å². The van der Waals surface area contributed by atoms with E-state index >= 15 is 0 Å². The molecule has 0 bridgehead atoms. The minimum absolute atomic E-state index is 0.228. The first-order valence-electron chi connectivity index (χ1n) is 10.1.